The average Bonchev–Trinajstić information content (AvgIpc) is 2.16. The van der Waals surface area contributed by atoms with Crippen molar-refractivity contribution in [2.45, 2.75) is 46.6 Å². The Morgan fingerprint density at radius 3 is 2.20 bits per heavy atom. The molecule has 0 saturated heterocycles. The summed E-state index contributed by atoms with van der Waals surface area (Å²) in [6, 6.07) is 6.52. The molecule has 1 N–H and O–H groups in total. The van der Waals surface area contributed by atoms with Crippen LogP contribution in [-0.4, -0.2) is 5.11 Å². The number of aryl methyl sites for hydroxylation is 1. The van der Waals surface area contributed by atoms with Gasteiger partial charge in [0, 0.05) is 0 Å². The lowest BCUT2D eigenvalue weighted by atomic mass is 9.97. The molecule has 0 fully saturated rings. The van der Waals surface area contributed by atoms with Crippen molar-refractivity contribution in [2.75, 3.05) is 0 Å². The minimum absolute atomic E-state index is 0.155. The van der Waals surface area contributed by atoms with E-state index < -0.39 is 0 Å². The summed E-state index contributed by atoms with van der Waals surface area (Å²) in [4.78, 5) is 0. The number of hydrogen-bond acceptors (Lipinski definition) is 1. The maximum Gasteiger partial charge on any atom is 0.0682 e. The molecular weight excluding hydrogens is 184 g/mol. The first kappa shape index (κ1) is 12.3. The fourth-order valence-corrected chi connectivity index (χ4v) is 1.95. The van der Waals surface area contributed by atoms with Crippen molar-refractivity contribution in [3.8, 4) is 0 Å². The van der Waals surface area contributed by atoms with Gasteiger partial charge in [-0.25, -0.2) is 0 Å². The highest BCUT2D eigenvalue weighted by molar-refractivity contribution is 5.30. The van der Waals surface area contributed by atoms with Crippen LogP contribution < -0.4 is 0 Å². The molecule has 0 aliphatic carbocycles. The van der Waals surface area contributed by atoms with Crippen LogP contribution in [-0.2, 0) is 19.4 Å². The Kier molecular flexibility index (Phi) is 4.83. The quantitative estimate of drug-likeness (QED) is 0.783. The third kappa shape index (κ3) is 4.05. The molecule has 0 amide bonds. The van der Waals surface area contributed by atoms with E-state index in [1.54, 1.807) is 0 Å². The molecule has 84 valence electrons. The van der Waals surface area contributed by atoms with Crippen molar-refractivity contribution in [3.05, 3.63) is 34.9 Å². The fraction of sp³-hybridized carbons (Fsp3) is 0.571. The van der Waals surface area contributed by atoms with Crippen molar-refractivity contribution >= 4 is 0 Å². The molecule has 0 aromatic heterocycles. The van der Waals surface area contributed by atoms with E-state index in [1.807, 2.05) is 0 Å². The van der Waals surface area contributed by atoms with E-state index in [2.05, 4.69) is 39.0 Å². The molecule has 0 bridgehead atoms. The van der Waals surface area contributed by atoms with Gasteiger partial charge in [0.05, 0.1) is 6.61 Å². The molecular formula is C14H22O. The van der Waals surface area contributed by atoms with E-state index in [0.717, 1.165) is 24.8 Å². The molecule has 0 radical (unpaired) electrons. The summed E-state index contributed by atoms with van der Waals surface area (Å²) in [6.45, 7) is 6.80. The lowest BCUT2D eigenvalue weighted by Crippen LogP contribution is -1.98. The molecule has 0 aliphatic heterocycles. The highest BCUT2D eigenvalue weighted by Gasteiger charge is 2.02. The second-order valence-electron chi connectivity index (χ2n) is 4.66. The zero-order valence-corrected chi connectivity index (χ0v) is 10.1. The minimum Gasteiger partial charge on any atom is -0.392 e. The lowest BCUT2D eigenvalue weighted by molar-refractivity contribution is 0.281. The second kappa shape index (κ2) is 5.92. The molecule has 1 nitrogen and oxygen atoms in total. The van der Waals surface area contributed by atoms with E-state index in [1.165, 1.54) is 11.1 Å². The second-order valence-corrected chi connectivity index (χ2v) is 4.66. The van der Waals surface area contributed by atoms with E-state index >= 15 is 0 Å². The SMILES string of the molecule is CCCc1cc(CO)cc(CC(C)C)c1. The van der Waals surface area contributed by atoms with Gasteiger partial charge in [0.2, 0.25) is 0 Å². The molecule has 0 unspecified atom stereocenters. The van der Waals surface area contributed by atoms with Crippen molar-refractivity contribution in [3.63, 3.8) is 0 Å². The fourth-order valence-electron chi connectivity index (χ4n) is 1.95. The minimum atomic E-state index is 0.155. The van der Waals surface area contributed by atoms with Crippen LogP contribution in [0.2, 0.25) is 0 Å². The number of rotatable bonds is 5. The largest absolute Gasteiger partial charge is 0.392 e. The number of aliphatic hydroxyl groups excluding tert-OH is 1. The summed E-state index contributed by atoms with van der Waals surface area (Å²) < 4.78 is 0. The van der Waals surface area contributed by atoms with Crippen LogP contribution in [0, 0.1) is 5.92 Å². The summed E-state index contributed by atoms with van der Waals surface area (Å²) in [5.74, 6) is 0.674. The molecule has 0 saturated carbocycles. The Hall–Kier alpha value is -0.820. The monoisotopic (exact) mass is 206 g/mol. The average molecular weight is 206 g/mol. The van der Waals surface area contributed by atoms with Crippen molar-refractivity contribution in [1.29, 1.82) is 0 Å². The van der Waals surface area contributed by atoms with Gasteiger partial charge in [0.1, 0.15) is 0 Å². The normalized spacial score (nSPS) is 11.0. The van der Waals surface area contributed by atoms with Gasteiger partial charge < -0.3 is 5.11 Å². The van der Waals surface area contributed by atoms with Crippen LogP contribution in [0.5, 0.6) is 0 Å². The zero-order chi connectivity index (χ0) is 11.3. The Morgan fingerprint density at radius 1 is 1.07 bits per heavy atom. The summed E-state index contributed by atoms with van der Waals surface area (Å²) in [7, 11) is 0. The molecule has 0 spiro atoms. The first-order valence-electron chi connectivity index (χ1n) is 5.88. The van der Waals surface area contributed by atoms with Crippen LogP contribution in [0.4, 0.5) is 0 Å². The Bertz CT molecular complexity index is 302. The van der Waals surface area contributed by atoms with Gasteiger partial charge in [-0.15, -0.1) is 0 Å². The molecule has 15 heavy (non-hydrogen) atoms. The van der Waals surface area contributed by atoms with Gasteiger partial charge in [0.15, 0.2) is 0 Å². The van der Waals surface area contributed by atoms with Gasteiger partial charge in [-0.1, -0.05) is 45.4 Å². The summed E-state index contributed by atoms with van der Waals surface area (Å²) in [6.07, 6.45) is 3.37. The van der Waals surface area contributed by atoms with E-state index in [-0.39, 0.29) is 6.61 Å². The maximum absolute atomic E-state index is 9.19. The van der Waals surface area contributed by atoms with Gasteiger partial charge in [-0.05, 0) is 35.4 Å². The zero-order valence-electron chi connectivity index (χ0n) is 10.1. The topological polar surface area (TPSA) is 20.2 Å². The number of hydrogen-bond donors (Lipinski definition) is 1. The predicted molar refractivity (Wildman–Crippen MR) is 64.9 cm³/mol. The Morgan fingerprint density at radius 2 is 1.67 bits per heavy atom. The van der Waals surface area contributed by atoms with E-state index in [0.29, 0.717) is 5.92 Å². The summed E-state index contributed by atoms with van der Waals surface area (Å²) in [5.41, 5.74) is 3.77. The smallest absolute Gasteiger partial charge is 0.0682 e. The van der Waals surface area contributed by atoms with Crippen LogP contribution in [0.1, 0.15) is 43.9 Å². The Labute approximate surface area is 93.1 Å². The molecule has 0 atom stereocenters. The summed E-state index contributed by atoms with van der Waals surface area (Å²) in [5, 5.41) is 9.19. The molecule has 0 heterocycles. The van der Waals surface area contributed by atoms with Crippen LogP contribution in [0.15, 0.2) is 18.2 Å². The Balaban J connectivity index is 2.89. The highest BCUT2D eigenvalue weighted by Crippen LogP contribution is 2.15. The first-order valence-corrected chi connectivity index (χ1v) is 5.88. The van der Waals surface area contributed by atoms with Gasteiger partial charge >= 0.3 is 0 Å². The van der Waals surface area contributed by atoms with E-state index in [9.17, 15) is 5.11 Å². The van der Waals surface area contributed by atoms with Crippen molar-refractivity contribution < 1.29 is 5.11 Å². The number of aliphatic hydroxyl groups is 1. The third-order valence-electron chi connectivity index (χ3n) is 2.48. The molecule has 1 aromatic rings. The highest BCUT2D eigenvalue weighted by atomic mass is 16.3. The van der Waals surface area contributed by atoms with Crippen LogP contribution >= 0.6 is 0 Å². The first-order chi connectivity index (χ1) is 7.15. The van der Waals surface area contributed by atoms with E-state index in [4.69, 9.17) is 0 Å². The third-order valence-corrected chi connectivity index (χ3v) is 2.48. The predicted octanol–water partition coefficient (Wildman–Crippen LogP) is 3.33. The molecule has 1 aromatic carbocycles. The van der Waals surface area contributed by atoms with Crippen LogP contribution in [0.25, 0.3) is 0 Å². The molecule has 1 heteroatoms. The van der Waals surface area contributed by atoms with Crippen molar-refractivity contribution in [2.24, 2.45) is 5.92 Å². The van der Waals surface area contributed by atoms with Crippen LogP contribution in [0.3, 0.4) is 0 Å². The van der Waals surface area contributed by atoms with Gasteiger partial charge in [-0.2, -0.15) is 0 Å². The lowest BCUT2D eigenvalue weighted by Gasteiger charge is -2.10. The molecule has 1 rings (SSSR count). The summed E-state index contributed by atoms with van der Waals surface area (Å²) >= 11 is 0. The van der Waals surface area contributed by atoms with Gasteiger partial charge in [-0.3, -0.25) is 0 Å². The van der Waals surface area contributed by atoms with Crippen molar-refractivity contribution in [1.82, 2.24) is 0 Å². The maximum atomic E-state index is 9.19. The number of benzene rings is 1. The molecule has 0 aliphatic rings. The van der Waals surface area contributed by atoms with Gasteiger partial charge in [0.25, 0.3) is 0 Å². The standard InChI is InChI=1S/C14H22O/c1-4-5-12-7-13(6-11(2)3)9-14(8-12)10-15/h7-9,11,15H,4-6,10H2,1-3H3.